The molecule has 1 amide bonds. The highest BCUT2D eigenvalue weighted by Crippen LogP contribution is 2.18. The molecule has 1 aromatic carbocycles. The van der Waals surface area contributed by atoms with Gasteiger partial charge in [0.2, 0.25) is 0 Å². The fraction of sp³-hybridized carbons (Fsp3) is 0.533. The van der Waals surface area contributed by atoms with E-state index in [9.17, 15) is 9.90 Å². The van der Waals surface area contributed by atoms with Crippen LogP contribution >= 0.6 is 0 Å². The third-order valence-electron chi connectivity index (χ3n) is 3.89. The molecule has 1 fully saturated rings. The van der Waals surface area contributed by atoms with Crippen LogP contribution in [0.5, 0.6) is 0 Å². The highest BCUT2D eigenvalue weighted by atomic mass is 16.3. The maximum absolute atomic E-state index is 12.1. The molecule has 3 N–H and O–H groups in total. The van der Waals surface area contributed by atoms with Gasteiger partial charge in [-0.15, -0.1) is 0 Å². The largest absolute Gasteiger partial charge is 0.378 e. The van der Waals surface area contributed by atoms with Crippen LogP contribution in [0.2, 0.25) is 0 Å². The summed E-state index contributed by atoms with van der Waals surface area (Å²) in [6, 6.07) is 9.32. The third kappa shape index (κ3) is 3.33. The van der Waals surface area contributed by atoms with Crippen LogP contribution in [0.3, 0.4) is 0 Å². The Hall–Kier alpha value is -1.39. The van der Waals surface area contributed by atoms with Crippen molar-refractivity contribution in [3.05, 3.63) is 35.9 Å². The van der Waals surface area contributed by atoms with Gasteiger partial charge in [0.05, 0.1) is 0 Å². The van der Waals surface area contributed by atoms with Crippen LogP contribution in [0, 0.1) is 5.92 Å². The van der Waals surface area contributed by atoms with Gasteiger partial charge in [0.1, 0.15) is 0 Å². The van der Waals surface area contributed by atoms with Gasteiger partial charge in [-0.2, -0.15) is 0 Å². The van der Waals surface area contributed by atoms with E-state index in [1.165, 1.54) is 0 Å². The summed E-state index contributed by atoms with van der Waals surface area (Å²) in [7, 11) is 0. The van der Waals surface area contributed by atoms with Crippen molar-refractivity contribution >= 4 is 5.91 Å². The molecule has 0 bridgehead atoms. The van der Waals surface area contributed by atoms with E-state index in [1.807, 2.05) is 18.2 Å². The molecule has 4 heteroatoms. The van der Waals surface area contributed by atoms with Crippen LogP contribution in [0.25, 0.3) is 0 Å². The van der Waals surface area contributed by atoms with Crippen molar-refractivity contribution in [3.8, 4) is 0 Å². The van der Waals surface area contributed by atoms with E-state index in [2.05, 4.69) is 24.5 Å². The standard InChI is InChI=1S/C15H22N2O2/c1-10-8-9-16-11(2)13(10)17-15(19)14(18)12-6-4-3-5-7-12/h3-7,10-11,13-14,16,18H,8-9H2,1-2H3,(H,17,19). The van der Waals surface area contributed by atoms with E-state index in [0.29, 0.717) is 11.5 Å². The van der Waals surface area contributed by atoms with Gasteiger partial charge in [-0.25, -0.2) is 0 Å². The third-order valence-corrected chi connectivity index (χ3v) is 3.89. The van der Waals surface area contributed by atoms with Gasteiger partial charge in [-0.05, 0) is 31.4 Å². The number of aliphatic hydroxyl groups is 1. The number of rotatable bonds is 3. The smallest absolute Gasteiger partial charge is 0.253 e. The number of carbonyl (C=O) groups is 1. The van der Waals surface area contributed by atoms with Crippen LogP contribution in [0.4, 0.5) is 0 Å². The summed E-state index contributed by atoms with van der Waals surface area (Å²) in [6.45, 7) is 5.18. The van der Waals surface area contributed by atoms with Crippen molar-refractivity contribution in [2.75, 3.05) is 6.54 Å². The number of amides is 1. The molecular weight excluding hydrogens is 240 g/mol. The summed E-state index contributed by atoms with van der Waals surface area (Å²) in [5.41, 5.74) is 0.629. The monoisotopic (exact) mass is 262 g/mol. The Balaban J connectivity index is 2.00. The van der Waals surface area contributed by atoms with Crippen LogP contribution in [0.15, 0.2) is 30.3 Å². The number of hydrogen-bond acceptors (Lipinski definition) is 3. The topological polar surface area (TPSA) is 61.4 Å². The lowest BCUT2D eigenvalue weighted by molar-refractivity contribution is -0.131. The van der Waals surface area contributed by atoms with Crippen molar-refractivity contribution in [1.29, 1.82) is 0 Å². The Morgan fingerprint density at radius 1 is 1.37 bits per heavy atom. The van der Waals surface area contributed by atoms with Crippen molar-refractivity contribution in [2.45, 2.75) is 38.5 Å². The summed E-state index contributed by atoms with van der Waals surface area (Å²) < 4.78 is 0. The Kier molecular flexibility index (Phi) is 4.56. The zero-order valence-corrected chi connectivity index (χ0v) is 11.5. The molecule has 4 unspecified atom stereocenters. The quantitative estimate of drug-likeness (QED) is 0.767. The second kappa shape index (κ2) is 6.17. The molecular formula is C15H22N2O2. The van der Waals surface area contributed by atoms with Gasteiger partial charge in [0.25, 0.3) is 5.91 Å². The average Bonchev–Trinajstić information content (AvgIpc) is 2.43. The summed E-state index contributed by atoms with van der Waals surface area (Å²) in [6.07, 6.45) is -0.0565. The number of piperidine rings is 1. The molecule has 1 aromatic rings. The fourth-order valence-corrected chi connectivity index (χ4v) is 2.64. The normalized spacial score (nSPS) is 28.7. The zero-order chi connectivity index (χ0) is 13.8. The molecule has 19 heavy (non-hydrogen) atoms. The highest BCUT2D eigenvalue weighted by Gasteiger charge is 2.30. The first-order valence-electron chi connectivity index (χ1n) is 6.86. The molecule has 0 aromatic heterocycles. The van der Waals surface area contributed by atoms with E-state index in [1.54, 1.807) is 12.1 Å². The predicted molar refractivity (Wildman–Crippen MR) is 74.6 cm³/mol. The SMILES string of the molecule is CC1CCNC(C)C1NC(=O)C(O)c1ccccc1. The van der Waals surface area contributed by atoms with Crippen LogP contribution < -0.4 is 10.6 Å². The Bertz CT molecular complexity index is 411. The second-order valence-corrected chi connectivity index (χ2v) is 5.36. The lowest BCUT2D eigenvalue weighted by Crippen LogP contribution is -2.56. The van der Waals surface area contributed by atoms with Gasteiger partial charge in [0, 0.05) is 12.1 Å². The minimum Gasteiger partial charge on any atom is -0.378 e. The Morgan fingerprint density at radius 3 is 2.68 bits per heavy atom. The zero-order valence-electron chi connectivity index (χ0n) is 11.5. The number of benzene rings is 1. The van der Waals surface area contributed by atoms with E-state index >= 15 is 0 Å². The molecule has 0 aliphatic carbocycles. The van der Waals surface area contributed by atoms with Gasteiger partial charge >= 0.3 is 0 Å². The maximum atomic E-state index is 12.1. The van der Waals surface area contributed by atoms with Crippen LogP contribution in [-0.2, 0) is 4.79 Å². The average molecular weight is 262 g/mol. The second-order valence-electron chi connectivity index (χ2n) is 5.36. The first-order valence-corrected chi connectivity index (χ1v) is 6.86. The van der Waals surface area contributed by atoms with Crippen molar-refractivity contribution < 1.29 is 9.90 Å². The number of aliphatic hydroxyl groups excluding tert-OH is 1. The molecule has 1 saturated heterocycles. The lowest BCUT2D eigenvalue weighted by atomic mass is 9.89. The molecule has 1 aliphatic heterocycles. The number of carbonyl (C=O) groups excluding carboxylic acids is 1. The van der Waals surface area contributed by atoms with Crippen LogP contribution in [-0.4, -0.2) is 29.6 Å². The lowest BCUT2D eigenvalue weighted by Gasteiger charge is -2.36. The first-order chi connectivity index (χ1) is 9.09. The van der Waals surface area contributed by atoms with Crippen molar-refractivity contribution in [2.24, 2.45) is 5.92 Å². The van der Waals surface area contributed by atoms with Crippen molar-refractivity contribution in [1.82, 2.24) is 10.6 Å². The molecule has 0 radical (unpaired) electrons. The van der Waals surface area contributed by atoms with E-state index < -0.39 is 6.10 Å². The van der Waals surface area contributed by atoms with E-state index in [0.717, 1.165) is 13.0 Å². The number of hydrogen-bond donors (Lipinski definition) is 3. The fourth-order valence-electron chi connectivity index (χ4n) is 2.64. The van der Waals surface area contributed by atoms with Gasteiger partial charge < -0.3 is 15.7 Å². The summed E-state index contributed by atoms with van der Waals surface area (Å²) in [5.74, 6) is 0.0989. The molecule has 1 heterocycles. The Morgan fingerprint density at radius 2 is 2.05 bits per heavy atom. The van der Waals surface area contributed by atoms with E-state index in [-0.39, 0.29) is 18.0 Å². The molecule has 0 saturated carbocycles. The van der Waals surface area contributed by atoms with Crippen LogP contribution in [0.1, 0.15) is 31.9 Å². The molecule has 2 rings (SSSR count). The molecule has 4 nitrogen and oxygen atoms in total. The maximum Gasteiger partial charge on any atom is 0.253 e. The number of nitrogens with one attached hydrogen (secondary N) is 2. The molecule has 4 atom stereocenters. The first kappa shape index (κ1) is 14.0. The minimum atomic E-state index is -1.09. The van der Waals surface area contributed by atoms with Gasteiger partial charge in [-0.3, -0.25) is 4.79 Å². The summed E-state index contributed by atoms with van der Waals surface area (Å²) in [5, 5.41) is 16.4. The Labute approximate surface area is 114 Å². The molecule has 1 aliphatic rings. The summed E-state index contributed by atoms with van der Waals surface area (Å²) >= 11 is 0. The van der Waals surface area contributed by atoms with E-state index in [4.69, 9.17) is 0 Å². The van der Waals surface area contributed by atoms with Gasteiger partial charge in [-0.1, -0.05) is 37.3 Å². The summed E-state index contributed by atoms with van der Waals surface area (Å²) in [4.78, 5) is 12.1. The molecule has 0 spiro atoms. The van der Waals surface area contributed by atoms with Gasteiger partial charge in [0.15, 0.2) is 6.10 Å². The predicted octanol–water partition coefficient (Wildman–Crippen LogP) is 1.22. The molecule has 104 valence electrons. The van der Waals surface area contributed by atoms with Crippen molar-refractivity contribution in [3.63, 3.8) is 0 Å². The minimum absolute atomic E-state index is 0.0691. The highest BCUT2D eigenvalue weighted by molar-refractivity contribution is 5.82.